The zero-order valence-corrected chi connectivity index (χ0v) is 17.4. The van der Waals surface area contributed by atoms with Gasteiger partial charge in [-0.3, -0.25) is 19.3 Å². The van der Waals surface area contributed by atoms with E-state index in [1.807, 2.05) is 5.10 Å². The Labute approximate surface area is 184 Å². The van der Waals surface area contributed by atoms with Crippen LogP contribution in [-0.2, 0) is 6.18 Å². The van der Waals surface area contributed by atoms with Gasteiger partial charge in [-0.15, -0.1) is 0 Å². The molecule has 1 atom stereocenters. The molecule has 0 spiro atoms. The highest BCUT2D eigenvalue weighted by Crippen LogP contribution is 2.35. The molecule has 0 fully saturated rings. The van der Waals surface area contributed by atoms with Crippen LogP contribution >= 0.6 is 0 Å². The largest absolute Gasteiger partial charge is 0.433 e. The second kappa shape index (κ2) is 8.15. The number of fused-ring (bicyclic) bond motifs is 1. The second-order valence-corrected chi connectivity index (χ2v) is 7.34. The maximum absolute atomic E-state index is 14.0. The van der Waals surface area contributed by atoms with Gasteiger partial charge in [0.25, 0.3) is 11.5 Å². The summed E-state index contributed by atoms with van der Waals surface area (Å²) in [7, 11) is 1.38. The number of rotatable bonds is 4. The Kier molecular flexibility index (Phi) is 5.48. The van der Waals surface area contributed by atoms with E-state index in [0.717, 1.165) is 12.3 Å². The molecule has 2 aromatic heterocycles. The third-order valence-corrected chi connectivity index (χ3v) is 5.38. The first-order chi connectivity index (χ1) is 15.6. The monoisotopic (exact) mass is 459 g/mol. The maximum Gasteiger partial charge on any atom is 0.433 e. The molecule has 4 rings (SSSR count). The predicted molar refractivity (Wildman–Crippen MR) is 112 cm³/mol. The smallest absolute Gasteiger partial charge is 0.355 e. The quantitative estimate of drug-likeness (QED) is 0.453. The zero-order valence-electron chi connectivity index (χ0n) is 17.4. The van der Waals surface area contributed by atoms with E-state index in [1.165, 1.54) is 48.3 Å². The van der Waals surface area contributed by atoms with Crippen LogP contribution in [-0.4, -0.2) is 32.7 Å². The lowest BCUT2D eigenvalue weighted by molar-refractivity contribution is -0.140. The van der Waals surface area contributed by atoms with Gasteiger partial charge in [0.05, 0.1) is 35.0 Å². The summed E-state index contributed by atoms with van der Waals surface area (Å²) in [6.07, 6.45) is -2.29. The fourth-order valence-electron chi connectivity index (χ4n) is 3.57. The number of nitrogens with zero attached hydrogens (tertiary/aromatic N) is 3. The van der Waals surface area contributed by atoms with E-state index in [2.05, 4.69) is 15.4 Å². The number of carbonyl (C=O) groups is 1. The second-order valence-electron chi connectivity index (χ2n) is 7.34. The van der Waals surface area contributed by atoms with Crippen LogP contribution in [0, 0.1) is 5.82 Å². The van der Waals surface area contributed by atoms with Crippen molar-refractivity contribution in [1.29, 1.82) is 0 Å². The molecule has 33 heavy (non-hydrogen) atoms. The van der Waals surface area contributed by atoms with E-state index >= 15 is 0 Å². The van der Waals surface area contributed by atoms with Crippen molar-refractivity contribution in [2.24, 2.45) is 0 Å². The summed E-state index contributed by atoms with van der Waals surface area (Å²) in [5, 5.41) is 7.98. The third kappa shape index (κ3) is 3.97. The van der Waals surface area contributed by atoms with Crippen molar-refractivity contribution in [1.82, 2.24) is 25.1 Å². The number of hydrogen-bond acceptors (Lipinski definition) is 4. The molecular formula is C22H17F4N5O2. The van der Waals surface area contributed by atoms with Gasteiger partial charge in [-0.25, -0.2) is 9.37 Å². The molecule has 2 heterocycles. The maximum atomic E-state index is 14.0. The van der Waals surface area contributed by atoms with Crippen molar-refractivity contribution >= 4 is 16.8 Å². The highest BCUT2D eigenvalue weighted by atomic mass is 19.4. The number of halogens is 4. The Balaban J connectivity index is 1.76. The Hall–Kier alpha value is -4.02. The molecule has 4 aromatic rings. The average Bonchev–Trinajstić information content (AvgIpc) is 3.29. The molecule has 2 N–H and O–H groups in total. The topological polar surface area (TPSA) is 92.7 Å². The first-order valence-electron chi connectivity index (χ1n) is 9.75. The van der Waals surface area contributed by atoms with Crippen LogP contribution in [0.2, 0.25) is 0 Å². The summed E-state index contributed by atoms with van der Waals surface area (Å²) in [6.45, 7) is 1.69. The highest BCUT2D eigenvalue weighted by Gasteiger charge is 2.36. The van der Waals surface area contributed by atoms with Gasteiger partial charge in [0.2, 0.25) is 0 Å². The normalized spacial score (nSPS) is 12.7. The van der Waals surface area contributed by atoms with Gasteiger partial charge in [-0.2, -0.15) is 18.3 Å². The minimum Gasteiger partial charge on any atom is -0.355 e. The summed E-state index contributed by atoms with van der Waals surface area (Å²) >= 11 is 0. The SMILES string of the molecule is CNC(=O)c1cc([C@@H](C)n2cnc3cc(-c4cn[nH]c4C(F)(F)F)ccc3c2=O)ccc1F. The van der Waals surface area contributed by atoms with Crippen LogP contribution in [0.25, 0.3) is 22.0 Å². The number of H-pyrrole nitrogens is 1. The third-order valence-electron chi connectivity index (χ3n) is 5.38. The molecule has 0 saturated heterocycles. The van der Waals surface area contributed by atoms with Gasteiger partial charge >= 0.3 is 6.18 Å². The fraction of sp³-hybridized carbons (Fsp3) is 0.182. The van der Waals surface area contributed by atoms with Gasteiger partial charge < -0.3 is 5.32 Å². The first-order valence-corrected chi connectivity index (χ1v) is 9.75. The molecule has 0 bridgehead atoms. The highest BCUT2D eigenvalue weighted by molar-refractivity contribution is 5.94. The van der Waals surface area contributed by atoms with Crippen LogP contribution in [0.1, 0.15) is 34.6 Å². The molecule has 1 amide bonds. The Morgan fingerprint density at radius 1 is 1.18 bits per heavy atom. The molecule has 0 unspecified atom stereocenters. The van der Waals surface area contributed by atoms with E-state index in [9.17, 15) is 27.2 Å². The van der Waals surface area contributed by atoms with Gasteiger partial charge in [0, 0.05) is 12.6 Å². The van der Waals surface area contributed by atoms with Crippen molar-refractivity contribution in [2.75, 3.05) is 7.05 Å². The summed E-state index contributed by atoms with van der Waals surface area (Å²) in [5.74, 6) is -1.30. The molecule has 2 aromatic carbocycles. The summed E-state index contributed by atoms with van der Waals surface area (Å²) in [6, 6.07) is 7.54. The van der Waals surface area contributed by atoms with Crippen LogP contribution in [0.5, 0.6) is 0 Å². The van der Waals surface area contributed by atoms with E-state index in [4.69, 9.17) is 0 Å². The van der Waals surface area contributed by atoms with E-state index in [-0.39, 0.29) is 27.6 Å². The number of aromatic nitrogens is 4. The van der Waals surface area contributed by atoms with E-state index < -0.39 is 35.2 Å². The van der Waals surface area contributed by atoms with Crippen molar-refractivity contribution in [3.05, 3.63) is 81.9 Å². The number of aromatic amines is 1. The first kappa shape index (κ1) is 22.2. The molecule has 11 heteroatoms. The molecule has 0 radical (unpaired) electrons. The predicted octanol–water partition coefficient (Wildman–Crippen LogP) is 3.91. The summed E-state index contributed by atoms with van der Waals surface area (Å²) in [4.78, 5) is 29.2. The minimum absolute atomic E-state index is 0.156. The summed E-state index contributed by atoms with van der Waals surface area (Å²) < 4.78 is 54.9. The van der Waals surface area contributed by atoms with Crippen molar-refractivity contribution in [3.63, 3.8) is 0 Å². The van der Waals surface area contributed by atoms with Crippen LogP contribution < -0.4 is 10.9 Å². The van der Waals surface area contributed by atoms with Crippen molar-refractivity contribution in [3.8, 4) is 11.1 Å². The lowest BCUT2D eigenvalue weighted by atomic mass is 10.0. The molecule has 7 nitrogen and oxygen atoms in total. The zero-order chi connectivity index (χ0) is 23.9. The van der Waals surface area contributed by atoms with Crippen LogP contribution in [0.3, 0.4) is 0 Å². The minimum atomic E-state index is -4.62. The average molecular weight is 459 g/mol. The molecule has 0 saturated carbocycles. The Morgan fingerprint density at radius 3 is 2.64 bits per heavy atom. The summed E-state index contributed by atoms with van der Waals surface area (Å²) in [5.41, 5.74) is -0.829. The van der Waals surface area contributed by atoms with E-state index in [0.29, 0.717) is 5.56 Å². The van der Waals surface area contributed by atoms with E-state index in [1.54, 1.807) is 6.92 Å². The van der Waals surface area contributed by atoms with Crippen LogP contribution in [0.4, 0.5) is 17.6 Å². The Morgan fingerprint density at radius 2 is 1.94 bits per heavy atom. The molecular weight excluding hydrogens is 442 g/mol. The number of benzene rings is 2. The number of alkyl halides is 3. The standard InChI is InChI=1S/C22H17F4N5O2/c1-11(12-4-6-17(23)15(7-12)20(32)27-2)31-10-28-18-8-13(3-5-14(18)21(31)33)16-9-29-30-19(16)22(24,25)26/h3-11H,1-2H3,(H,27,32)(H,29,30)/t11-/m1/s1. The Bertz CT molecular complexity index is 1420. The van der Waals surface area contributed by atoms with Crippen molar-refractivity contribution in [2.45, 2.75) is 19.1 Å². The lowest BCUT2D eigenvalue weighted by Crippen LogP contribution is -2.25. The fourth-order valence-corrected chi connectivity index (χ4v) is 3.57. The molecule has 170 valence electrons. The van der Waals surface area contributed by atoms with Crippen LogP contribution in [0.15, 0.2) is 53.7 Å². The molecule has 0 aliphatic heterocycles. The number of hydrogen-bond donors (Lipinski definition) is 2. The van der Waals surface area contributed by atoms with Gasteiger partial charge in [-0.1, -0.05) is 12.1 Å². The van der Waals surface area contributed by atoms with Gasteiger partial charge in [0.1, 0.15) is 11.5 Å². The lowest BCUT2D eigenvalue weighted by Gasteiger charge is -2.17. The molecule has 0 aliphatic carbocycles. The number of carbonyl (C=O) groups excluding carboxylic acids is 1. The number of nitrogens with one attached hydrogen (secondary N) is 2. The molecule has 0 aliphatic rings. The van der Waals surface area contributed by atoms with Gasteiger partial charge in [-0.05, 0) is 42.3 Å². The van der Waals surface area contributed by atoms with Gasteiger partial charge in [0.15, 0.2) is 0 Å². The number of amides is 1. The van der Waals surface area contributed by atoms with Crippen molar-refractivity contribution < 1.29 is 22.4 Å².